The van der Waals surface area contributed by atoms with Crippen molar-refractivity contribution in [1.29, 1.82) is 0 Å². The van der Waals surface area contributed by atoms with Gasteiger partial charge >= 0.3 is 0 Å². The van der Waals surface area contributed by atoms with Gasteiger partial charge in [-0.3, -0.25) is 0 Å². The first-order chi connectivity index (χ1) is 9.15. The topological polar surface area (TPSA) is 44.2 Å². The molecule has 108 valence electrons. The fraction of sp³-hybridized carbons (Fsp3) is 0.250. The van der Waals surface area contributed by atoms with Gasteiger partial charge in [0.2, 0.25) is 0 Å². The Morgan fingerprint density at radius 3 is 2.35 bits per heavy atom. The summed E-state index contributed by atoms with van der Waals surface area (Å²) in [6.07, 6.45) is 0.739. The Morgan fingerprint density at radius 2 is 1.75 bits per heavy atom. The van der Waals surface area contributed by atoms with E-state index in [9.17, 15) is 8.78 Å². The number of halogens is 2. The second-order valence-electron chi connectivity index (χ2n) is 4.40. The van der Waals surface area contributed by atoms with Crippen LogP contribution in [0.3, 0.4) is 0 Å². The molecule has 0 aromatic heterocycles. The van der Waals surface area contributed by atoms with E-state index in [2.05, 4.69) is 0 Å². The van der Waals surface area contributed by atoms with Gasteiger partial charge in [-0.05, 0) is 42.3 Å². The van der Waals surface area contributed by atoms with Crippen LogP contribution < -0.4 is 10.9 Å². The molecule has 2 aromatic carbocycles. The molecule has 20 heavy (non-hydrogen) atoms. The summed E-state index contributed by atoms with van der Waals surface area (Å²) in [7, 11) is 1.55. The highest BCUT2D eigenvalue weighted by molar-refractivity contribution is 5.42. The zero-order valence-corrected chi connectivity index (χ0v) is 11.7. The van der Waals surface area contributed by atoms with Gasteiger partial charge in [0.05, 0.1) is 7.11 Å². The molecule has 0 fully saturated rings. The maximum atomic E-state index is 13.4. The SMILES string of the molecule is CCC(c1cccc(F)c1)c1cc(F)ccc1OC.N. The van der Waals surface area contributed by atoms with E-state index in [0.717, 1.165) is 17.5 Å². The second kappa shape index (κ2) is 7.01. The van der Waals surface area contributed by atoms with Gasteiger partial charge in [-0.1, -0.05) is 19.1 Å². The minimum atomic E-state index is -0.314. The Kier molecular flexibility index (Phi) is 5.65. The second-order valence-corrected chi connectivity index (χ2v) is 4.40. The smallest absolute Gasteiger partial charge is 0.123 e. The van der Waals surface area contributed by atoms with Crippen molar-refractivity contribution in [1.82, 2.24) is 6.15 Å². The van der Waals surface area contributed by atoms with E-state index < -0.39 is 0 Å². The Bertz CT molecular complexity index is 572. The summed E-state index contributed by atoms with van der Waals surface area (Å²) in [5.41, 5.74) is 1.57. The lowest BCUT2D eigenvalue weighted by atomic mass is 9.88. The van der Waals surface area contributed by atoms with Crippen molar-refractivity contribution < 1.29 is 13.5 Å². The average molecular weight is 279 g/mol. The molecule has 0 aliphatic rings. The predicted octanol–water partition coefficient (Wildman–Crippen LogP) is 4.68. The molecule has 4 heteroatoms. The molecule has 2 rings (SSSR count). The van der Waals surface area contributed by atoms with Crippen molar-refractivity contribution >= 4 is 0 Å². The van der Waals surface area contributed by atoms with Gasteiger partial charge in [-0.2, -0.15) is 0 Å². The molecular formula is C16H19F2NO. The minimum Gasteiger partial charge on any atom is -0.496 e. The van der Waals surface area contributed by atoms with Crippen molar-refractivity contribution in [2.24, 2.45) is 0 Å². The molecule has 0 saturated carbocycles. The first-order valence-corrected chi connectivity index (χ1v) is 6.24. The van der Waals surface area contributed by atoms with Gasteiger partial charge in [0.1, 0.15) is 17.4 Å². The molecule has 0 radical (unpaired) electrons. The standard InChI is InChI=1S/C16H16F2O.H3N/c1-3-14(11-5-4-6-12(17)9-11)15-10-13(18)7-8-16(15)19-2;/h4-10,14H,3H2,1-2H3;1H3. The molecular weight excluding hydrogens is 260 g/mol. The molecule has 2 nitrogen and oxygen atoms in total. The van der Waals surface area contributed by atoms with E-state index in [-0.39, 0.29) is 23.7 Å². The van der Waals surface area contributed by atoms with Crippen LogP contribution in [0.1, 0.15) is 30.4 Å². The van der Waals surface area contributed by atoms with Gasteiger partial charge < -0.3 is 10.9 Å². The molecule has 1 atom stereocenters. The van der Waals surface area contributed by atoms with Gasteiger partial charge in [0.25, 0.3) is 0 Å². The fourth-order valence-corrected chi connectivity index (χ4v) is 2.34. The maximum Gasteiger partial charge on any atom is 0.123 e. The Labute approximate surface area is 118 Å². The number of ether oxygens (including phenoxy) is 1. The van der Waals surface area contributed by atoms with Crippen LogP contribution in [0.25, 0.3) is 0 Å². The number of rotatable bonds is 4. The first-order valence-electron chi connectivity index (χ1n) is 6.24. The minimum absolute atomic E-state index is 0. The van der Waals surface area contributed by atoms with Crippen LogP contribution in [0, 0.1) is 11.6 Å². The van der Waals surface area contributed by atoms with E-state index in [4.69, 9.17) is 4.74 Å². The van der Waals surface area contributed by atoms with Crippen molar-refractivity contribution in [3.63, 3.8) is 0 Å². The number of hydrogen-bond acceptors (Lipinski definition) is 2. The van der Waals surface area contributed by atoms with Crippen LogP contribution in [-0.2, 0) is 0 Å². The Balaban J connectivity index is 0.00000200. The summed E-state index contributed by atoms with van der Waals surface area (Å²) in [5.74, 6) is -0.0594. The maximum absolute atomic E-state index is 13.4. The van der Waals surface area contributed by atoms with E-state index in [1.54, 1.807) is 19.2 Å². The molecule has 0 heterocycles. The van der Waals surface area contributed by atoms with Crippen LogP contribution in [0.5, 0.6) is 5.75 Å². The van der Waals surface area contributed by atoms with Crippen LogP contribution in [-0.4, -0.2) is 7.11 Å². The highest BCUT2D eigenvalue weighted by Gasteiger charge is 2.17. The van der Waals surface area contributed by atoms with E-state index >= 15 is 0 Å². The third kappa shape index (κ3) is 3.33. The Hall–Kier alpha value is -1.94. The van der Waals surface area contributed by atoms with Crippen molar-refractivity contribution in [2.75, 3.05) is 7.11 Å². The third-order valence-corrected chi connectivity index (χ3v) is 3.23. The van der Waals surface area contributed by atoms with Crippen LogP contribution >= 0.6 is 0 Å². The molecule has 0 bridgehead atoms. The lowest BCUT2D eigenvalue weighted by Crippen LogP contribution is -2.03. The zero-order chi connectivity index (χ0) is 13.8. The lowest BCUT2D eigenvalue weighted by molar-refractivity contribution is 0.405. The average Bonchev–Trinajstić information content (AvgIpc) is 2.40. The van der Waals surface area contributed by atoms with Gasteiger partial charge in [-0.25, -0.2) is 8.78 Å². The fourth-order valence-electron chi connectivity index (χ4n) is 2.34. The van der Waals surface area contributed by atoms with Crippen LogP contribution in [0.2, 0.25) is 0 Å². The van der Waals surface area contributed by atoms with Crippen LogP contribution in [0.15, 0.2) is 42.5 Å². The highest BCUT2D eigenvalue weighted by Crippen LogP contribution is 2.34. The quantitative estimate of drug-likeness (QED) is 0.883. The van der Waals surface area contributed by atoms with E-state index in [0.29, 0.717) is 5.75 Å². The molecule has 0 aliphatic carbocycles. The molecule has 0 amide bonds. The molecule has 3 N–H and O–H groups in total. The summed E-state index contributed by atoms with van der Waals surface area (Å²) in [6, 6.07) is 10.8. The molecule has 0 aliphatic heterocycles. The summed E-state index contributed by atoms with van der Waals surface area (Å²) in [6.45, 7) is 1.99. The predicted molar refractivity (Wildman–Crippen MR) is 76.5 cm³/mol. The molecule has 0 spiro atoms. The monoisotopic (exact) mass is 279 g/mol. The van der Waals surface area contributed by atoms with E-state index in [1.165, 1.54) is 24.3 Å². The normalized spacial score (nSPS) is 11.6. The summed E-state index contributed by atoms with van der Waals surface area (Å²) in [4.78, 5) is 0. The van der Waals surface area contributed by atoms with Crippen molar-refractivity contribution in [3.8, 4) is 5.75 Å². The molecule has 0 saturated heterocycles. The zero-order valence-electron chi connectivity index (χ0n) is 11.7. The third-order valence-electron chi connectivity index (χ3n) is 3.23. The van der Waals surface area contributed by atoms with E-state index in [1.807, 2.05) is 13.0 Å². The lowest BCUT2D eigenvalue weighted by Gasteiger charge is -2.19. The van der Waals surface area contributed by atoms with Gasteiger partial charge in [-0.15, -0.1) is 0 Å². The highest BCUT2D eigenvalue weighted by atomic mass is 19.1. The number of benzene rings is 2. The summed E-state index contributed by atoms with van der Waals surface area (Å²) >= 11 is 0. The largest absolute Gasteiger partial charge is 0.496 e. The van der Waals surface area contributed by atoms with Crippen LogP contribution in [0.4, 0.5) is 8.78 Å². The van der Waals surface area contributed by atoms with Crippen molar-refractivity contribution in [2.45, 2.75) is 19.3 Å². The summed E-state index contributed by atoms with van der Waals surface area (Å²) < 4.78 is 32.1. The number of methoxy groups -OCH3 is 1. The summed E-state index contributed by atoms with van der Waals surface area (Å²) in [5, 5.41) is 0. The molecule has 1 unspecified atom stereocenters. The Morgan fingerprint density at radius 1 is 1.05 bits per heavy atom. The first kappa shape index (κ1) is 16.1. The van der Waals surface area contributed by atoms with Crippen molar-refractivity contribution in [3.05, 3.63) is 65.2 Å². The number of hydrogen-bond donors (Lipinski definition) is 1. The molecule has 2 aromatic rings. The van der Waals surface area contributed by atoms with Gasteiger partial charge in [0, 0.05) is 11.5 Å². The van der Waals surface area contributed by atoms with Gasteiger partial charge in [0.15, 0.2) is 0 Å².